The Kier molecular flexibility index (Phi) is 4.56. The average molecular weight is 289 g/mol. The second kappa shape index (κ2) is 6.58. The van der Waals surface area contributed by atoms with Crippen LogP contribution in [0.1, 0.15) is 31.2 Å². The van der Waals surface area contributed by atoms with E-state index in [2.05, 4.69) is 29.6 Å². The zero-order chi connectivity index (χ0) is 14.5. The summed E-state index contributed by atoms with van der Waals surface area (Å²) in [5.74, 6) is 0.0364. The van der Waals surface area contributed by atoms with E-state index in [9.17, 15) is 4.79 Å². The van der Waals surface area contributed by atoms with Gasteiger partial charge in [-0.05, 0) is 31.2 Å². The Balaban J connectivity index is 1.69. The molecule has 1 amide bonds. The molecule has 2 aliphatic heterocycles. The normalized spacial score (nSPS) is 24.7. The largest absolute Gasteiger partial charge is 0.381 e. The van der Waals surface area contributed by atoms with Crippen LogP contribution in [0.5, 0.6) is 0 Å². The van der Waals surface area contributed by atoms with Crippen molar-refractivity contribution in [2.24, 2.45) is 0 Å². The van der Waals surface area contributed by atoms with Crippen LogP contribution in [0.15, 0.2) is 30.3 Å². The molecule has 0 aliphatic carbocycles. The second-order valence-electron chi connectivity index (χ2n) is 5.98. The summed E-state index contributed by atoms with van der Waals surface area (Å²) < 4.78 is 11.0. The summed E-state index contributed by atoms with van der Waals surface area (Å²) in [6.45, 7) is 2.88. The van der Waals surface area contributed by atoms with E-state index in [1.54, 1.807) is 0 Å². The van der Waals surface area contributed by atoms with Gasteiger partial charge in [-0.15, -0.1) is 0 Å². The first-order chi connectivity index (χ1) is 10.3. The van der Waals surface area contributed by atoms with Gasteiger partial charge in [0.1, 0.15) is 6.10 Å². The van der Waals surface area contributed by atoms with E-state index in [1.807, 2.05) is 6.07 Å². The van der Waals surface area contributed by atoms with Crippen LogP contribution in [0.2, 0.25) is 0 Å². The Morgan fingerprint density at radius 3 is 2.62 bits per heavy atom. The van der Waals surface area contributed by atoms with E-state index in [0.717, 1.165) is 38.9 Å². The highest BCUT2D eigenvalue weighted by atomic mass is 16.5. The van der Waals surface area contributed by atoms with Crippen molar-refractivity contribution in [3.05, 3.63) is 35.9 Å². The smallest absolute Gasteiger partial charge is 0.249 e. The van der Waals surface area contributed by atoms with Gasteiger partial charge in [0.05, 0.1) is 0 Å². The molecular weight excluding hydrogens is 266 g/mol. The Bertz CT molecular complexity index is 462. The molecule has 1 N–H and O–H groups in total. The third-order valence-electron chi connectivity index (χ3n) is 4.66. The molecule has 21 heavy (non-hydrogen) atoms. The highest BCUT2D eigenvalue weighted by Crippen LogP contribution is 2.34. The number of rotatable bonds is 4. The van der Waals surface area contributed by atoms with Crippen molar-refractivity contribution >= 4 is 5.91 Å². The van der Waals surface area contributed by atoms with Gasteiger partial charge in [0.25, 0.3) is 0 Å². The molecule has 114 valence electrons. The van der Waals surface area contributed by atoms with E-state index in [4.69, 9.17) is 9.47 Å². The highest BCUT2D eigenvalue weighted by molar-refractivity contribution is 5.81. The minimum Gasteiger partial charge on any atom is -0.381 e. The molecule has 3 rings (SSSR count). The van der Waals surface area contributed by atoms with Crippen LogP contribution in [0, 0.1) is 0 Å². The molecule has 1 aromatic rings. The number of benzene rings is 1. The van der Waals surface area contributed by atoms with Crippen LogP contribution in [0.25, 0.3) is 0 Å². The Morgan fingerprint density at radius 1 is 1.19 bits per heavy atom. The third kappa shape index (κ3) is 3.27. The lowest BCUT2D eigenvalue weighted by molar-refractivity contribution is -0.130. The van der Waals surface area contributed by atoms with Gasteiger partial charge in [-0.2, -0.15) is 0 Å². The van der Waals surface area contributed by atoms with Gasteiger partial charge in [-0.25, -0.2) is 0 Å². The van der Waals surface area contributed by atoms with Gasteiger partial charge >= 0.3 is 0 Å². The molecule has 0 saturated carbocycles. The van der Waals surface area contributed by atoms with Gasteiger partial charge in [-0.1, -0.05) is 30.3 Å². The van der Waals surface area contributed by atoms with Crippen LogP contribution in [-0.2, 0) is 19.7 Å². The predicted molar refractivity (Wildman–Crippen MR) is 80.2 cm³/mol. The lowest BCUT2D eigenvalue weighted by atomic mass is 9.74. The first kappa shape index (κ1) is 14.5. The molecule has 1 aromatic carbocycles. The molecule has 4 nitrogen and oxygen atoms in total. The van der Waals surface area contributed by atoms with Gasteiger partial charge in [0, 0.05) is 31.8 Å². The van der Waals surface area contributed by atoms with Crippen molar-refractivity contribution in [2.75, 3.05) is 26.4 Å². The van der Waals surface area contributed by atoms with Crippen LogP contribution < -0.4 is 5.32 Å². The lowest BCUT2D eigenvalue weighted by Gasteiger charge is -2.38. The van der Waals surface area contributed by atoms with Gasteiger partial charge in [0.2, 0.25) is 5.91 Å². The zero-order valence-corrected chi connectivity index (χ0v) is 12.3. The number of carbonyl (C=O) groups excluding carboxylic acids is 1. The predicted octanol–water partition coefficient (Wildman–Crippen LogP) is 2.03. The molecule has 0 spiro atoms. The van der Waals surface area contributed by atoms with Crippen LogP contribution in [0.4, 0.5) is 0 Å². The highest BCUT2D eigenvalue weighted by Gasteiger charge is 2.35. The number of hydrogen-bond donors (Lipinski definition) is 1. The van der Waals surface area contributed by atoms with E-state index in [1.165, 1.54) is 5.56 Å². The fourth-order valence-electron chi connectivity index (χ4n) is 3.28. The summed E-state index contributed by atoms with van der Waals surface area (Å²) >= 11 is 0. The standard InChI is InChI=1S/C17H23NO3/c19-16(15-7-4-10-21-15)18-13-17(8-11-20-12-9-17)14-5-2-1-3-6-14/h1-3,5-6,15H,4,7-13H2,(H,18,19). The zero-order valence-electron chi connectivity index (χ0n) is 12.3. The fraction of sp³-hybridized carbons (Fsp3) is 0.588. The Morgan fingerprint density at radius 2 is 1.95 bits per heavy atom. The van der Waals surface area contributed by atoms with E-state index >= 15 is 0 Å². The molecule has 4 heteroatoms. The fourth-order valence-corrected chi connectivity index (χ4v) is 3.28. The maximum Gasteiger partial charge on any atom is 0.249 e. The van der Waals surface area contributed by atoms with Crippen LogP contribution >= 0.6 is 0 Å². The lowest BCUT2D eigenvalue weighted by Crippen LogP contribution is -2.47. The summed E-state index contributed by atoms with van der Waals surface area (Å²) in [6.07, 6.45) is 3.46. The Labute approximate surface area is 125 Å². The van der Waals surface area contributed by atoms with Crippen molar-refractivity contribution in [1.82, 2.24) is 5.32 Å². The summed E-state index contributed by atoms with van der Waals surface area (Å²) in [5.41, 5.74) is 1.29. The summed E-state index contributed by atoms with van der Waals surface area (Å²) in [5, 5.41) is 3.11. The first-order valence-corrected chi connectivity index (χ1v) is 7.83. The van der Waals surface area contributed by atoms with Gasteiger partial charge in [-0.3, -0.25) is 4.79 Å². The summed E-state index contributed by atoms with van der Waals surface area (Å²) in [6, 6.07) is 10.5. The minimum atomic E-state index is -0.252. The molecule has 0 bridgehead atoms. The molecule has 2 heterocycles. The van der Waals surface area contributed by atoms with E-state index in [-0.39, 0.29) is 17.4 Å². The molecule has 1 unspecified atom stereocenters. The Hall–Kier alpha value is -1.39. The second-order valence-corrected chi connectivity index (χ2v) is 5.98. The quantitative estimate of drug-likeness (QED) is 0.922. The molecule has 0 aromatic heterocycles. The van der Waals surface area contributed by atoms with Crippen molar-refractivity contribution in [2.45, 2.75) is 37.2 Å². The van der Waals surface area contributed by atoms with Crippen molar-refractivity contribution in [3.63, 3.8) is 0 Å². The van der Waals surface area contributed by atoms with Crippen molar-refractivity contribution in [1.29, 1.82) is 0 Å². The number of amides is 1. The molecule has 0 radical (unpaired) electrons. The number of nitrogens with one attached hydrogen (secondary N) is 1. The summed E-state index contributed by atoms with van der Waals surface area (Å²) in [7, 11) is 0. The summed E-state index contributed by atoms with van der Waals surface area (Å²) in [4.78, 5) is 12.2. The molecule has 2 fully saturated rings. The average Bonchev–Trinajstić information content (AvgIpc) is 3.09. The van der Waals surface area contributed by atoms with Crippen molar-refractivity contribution in [3.8, 4) is 0 Å². The molecule has 2 aliphatic rings. The molecule has 2 saturated heterocycles. The number of hydrogen-bond acceptors (Lipinski definition) is 3. The van der Waals surface area contributed by atoms with Crippen LogP contribution in [0.3, 0.4) is 0 Å². The molecule has 1 atom stereocenters. The van der Waals surface area contributed by atoms with Crippen molar-refractivity contribution < 1.29 is 14.3 Å². The maximum absolute atomic E-state index is 12.2. The number of ether oxygens (including phenoxy) is 2. The van der Waals surface area contributed by atoms with E-state index in [0.29, 0.717) is 13.2 Å². The number of carbonyl (C=O) groups is 1. The molecular formula is C17H23NO3. The third-order valence-corrected chi connectivity index (χ3v) is 4.66. The maximum atomic E-state index is 12.2. The van der Waals surface area contributed by atoms with Gasteiger partial charge < -0.3 is 14.8 Å². The van der Waals surface area contributed by atoms with Crippen LogP contribution in [-0.4, -0.2) is 38.4 Å². The monoisotopic (exact) mass is 289 g/mol. The minimum absolute atomic E-state index is 0.00618. The topological polar surface area (TPSA) is 47.6 Å². The van der Waals surface area contributed by atoms with Gasteiger partial charge in [0.15, 0.2) is 0 Å². The van der Waals surface area contributed by atoms with E-state index < -0.39 is 0 Å². The first-order valence-electron chi connectivity index (χ1n) is 7.83. The SMILES string of the molecule is O=C(NCC1(c2ccccc2)CCOCC1)C1CCCO1.